The van der Waals surface area contributed by atoms with E-state index in [1.54, 1.807) is 6.08 Å². The molecule has 0 aliphatic carbocycles. The van der Waals surface area contributed by atoms with Crippen LogP contribution in [0.4, 0.5) is 0 Å². The summed E-state index contributed by atoms with van der Waals surface area (Å²) in [6, 6.07) is 11.4. The largest absolute Gasteiger partial charge is 0.493 e. The zero-order valence-corrected chi connectivity index (χ0v) is 17.7. The number of pyridine rings is 1. The van der Waals surface area contributed by atoms with Crippen molar-refractivity contribution in [2.75, 3.05) is 12.9 Å². The first-order valence-corrected chi connectivity index (χ1v) is 11.7. The minimum atomic E-state index is -3.56. The Morgan fingerprint density at radius 3 is 2.59 bits per heavy atom. The van der Waals surface area contributed by atoms with Crippen molar-refractivity contribution in [3.05, 3.63) is 64.3 Å². The van der Waals surface area contributed by atoms with Crippen LogP contribution in [0.25, 0.3) is 6.08 Å². The minimum absolute atomic E-state index is 0.0595. The van der Waals surface area contributed by atoms with Crippen LogP contribution in [0.1, 0.15) is 23.7 Å². The van der Waals surface area contributed by atoms with Gasteiger partial charge >= 0.3 is 0 Å². The van der Waals surface area contributed by atoms with Crippen molar-refractivity contribution in [2.45, 2.75) is 19.8 Å². The van der Waals surface area contributed by atoms with Gasteiger partial charge < -0.3 is 4.74 Å². The number of ether oxygens (including phenoxy) is 1. The normalized spacial score (nSPS) is 17.0. The monoisotopic (exact) mass is 431 g/mol. The molecule has 29 heavy (non-hydrogen) atoms. The summed E-state index contributed by atoms with van der Waals surface area (Å²) in [5.41, 5.74) is 3.00. The second-order valence-corrected chi connectivity index (χ2v) is 9.05. The molecule has 0 unspecified atom stereocenters. The molecule has 2 aromatic rings. The number of carbonyl (C=O) groups excluding carboxylic acids is 1. The van der Waals surface area contributed by atoms with Gasteiger partial charge in [0.15, 0.2) is 5.17 Å². The Bertz CT molecular complexity index is 1040. The first kappa shape index (κ1) is 21.1. The van der Waals surface area contributed by atoms with Gasteiger partial charge in [-0.25, -0.2) is 8.42 Å². The molecular weight excluding hydrogens is 410 g/mol. The Kier molecular flexibility index (Phi) is 6.71. The summed E-state index contributed by atoms with van der Waals surface area (Å²) in [5.74, 6) is 0.347. The maximum Gasteiger partial charge on any atom is 0.264 e. The van der Waals surface area contributed by atoms with Gasteiger partial charge in [0.1, 0.15) is 5.75 Å². The highest BCUT2D eigenvalue weighted by Crippen LogP contribution is 2.27. The quantitative estimate of drug-likeness (QED) is 0.677. The molecule has 0 radical (unpaired) electrons. The predicted octanol–water partition coefficient (Wildman–Crippen LogP) is 2.79. The molecule has 0 saturated carbocycles. The van der Waals surface area contributed by atoms with Crippen LogP contribution in [-0.2, 0) is 27.7 Å². The van der Waals surface area contributed by atoms with E-state index in [9.17, 15) is 13.2 Å². The van der Waals surface area contributed by atoms with E-state index in [4.69, 9.17) is 4.74 Å². The second kappa shape index (κ2) is 9.23. The van der Waals surface area contributed by atoms with Gasteiger partial charge in [0.05, 0.1) is 17.8 Å². The van der Waals surface area contributed by atoms with Crippen LogP contribution in [0.5, 0.6) is 5.75 Å². The smallest absolute Gasteiger partial charge is 0.264 e. The molecular formula is C20H21N3O4S2. The highest BCUT2D eigenvalue weighted by atomic mass is 32.2. The summed E-state index contributed by atoms with van der Waals surface area (Å²) in [7, 11) is -3.56. The van der Waals surface area contributed by atoms with E-state index < -0.39 is 10.0 Å². The Hall–Kier alpha value is -2.65. The fourth-order valence-electron chi connectivity index (χ4n) is 2.52. The lowest BCUT2D eigenvalue weighted by atomic mass is 10.2. The van der Waals surface area contributed by atoms with Gasteiger partial charge in [-0.05, 0) is 53.6 Å². The molecule has 2 heterocycles. The molecule has 1 aromatic heterocycles. The molecule has 1 aromatic carbocycles. The van der Waals surface area contributed by atoms with E-state index in [2.05, 4.69) is 27.7 Å². The molecule has 1 fully saturated rings. The van der Waals surface area contributed by atoms with Crippen LogP contribution in [-0.4, -0.2) is 37.3 Å². The van der Waals surface area contributed by atoms with Crippen LogP contribution in [0.15, 0.2) is 51.9 Å². The molecule has 1 saturated heterocycles. The molecule has 0 atom stereocenters. The van der Waals surface area contributed by atoms with Crippen LogP contribution in [0, 0.1) is 0 Å². The van der Waals surface area contributed by atoms with Gasteiger partial charge in [0.25, 0.3) is 15.9 Å². The van der Waals surface area contributed by atoms with E-state index >= 15 is 0 Å². The zero-order valence-electron chi connectivity index (χ0n) is 16.1. The van der Waals surface area contributed by atoms with Gasteiger partial charge in [0, 0.05) is 18.3 Å². The SMILES string of the molecule is CCc1ccc(CCOc2ccc(/C=C3/S/C(=N/S(C)(=O)=O)NC3=O)cc2)nc1. The molecule has 0 spiro atoms. The number of sulfonamides is 1. The van der Waals surface area contributed by atoms with Crippen LogP contribution in [0.2, 0.25) is 0 Å². The lowest BCUT2D eigenvalue weighted by Gasteiger charge is -2.07. The topological polar surface area (TPSA) is 97.7 Å². The van der Waals surface area contributed by atoms with E-state index in [-0.39, 0.29) is 11.1 Å². The maximum atomic E-state index is 12.0. The molecule has 0 bridgehead atoms. The first-order valence-electron chi connectivity index (χ1n) is 9.00. The third-order valence-corrected chi connectivity index (χ3v) is 5.54. The molecule has 1 aliphatic heterocycles. The molecule has 152 valence electrons. The van der Waals surface area contributed by atoms with Crippen molar-refractivity contribution >= 4 is 38.9 Å². The number of aryl methyl sites for hydroxylation is 1. The van der Waals surface area contributed by atoms with Crippen LogP contribution < -0.4 is 10.1 Å². The van der Waals surface area contributed by atoms with Crippen molar-refractivity contribution < 1.29 is 17.9 Å². The number of benzene rings is 1. The number of rotatable bonds is 7. The number of carbonyl (C=O) groups is 1. The average Bonchev–Trinajstić information content (AvgIpc) is 3.00. The van der Waals surface area contributed by atoms with Crippen LogP contribution >= 0.6 is 11.8 Å². The van der Waals surface area contributed by atoms with Crippen molar-refractivity contribution in [3.63, 3.8) is 0 Å². The highest BCUT2D eigenvalue weighted by Gasteiger charge is 2.24. The number of amidine groups is 1. The van der Waals surface area contributed by atoms with Crippen molar-refractivity contribution in [1.29, 1.82) is 0 Å². The molecule has 3 rings (SSSR count). The van der Waals surface area contributed by atoms with Crippen molar-refractivity contribution in [1.82, 2.24) is 10.3 Å². The zero-order chi connectivity index (χ0) is 20.9. The van der Waals surface area contributed by atoms with Crippen molar-refractivity contribution in [2.24, 2.45) is 4.40 Å². The van der Waals surface area contributed by atoms with Gasteiger partial charge in [-0.1, -0.05) is 25.1 Å². The third-order valence-electron chi connectivity index (χ3n) is 4.00. The minimum Gasteiger partial charge on any atom is -0.493 e. The number of thioether (sulfide) groups is 1. The fraction of sp³-hybridized carbons (Fsp3) is 0.250. The lowest BCUT2D eigenvalue weighted by molar-refractivity contribution is -0.115. The lowest BCUT2D eigenvalue weighted by Crippen LogP contribution is -2.20. The summed E-state index contributed by atoms with van der Waals surface area (Å²) >= 11 is 0.992. The van der Waals surface area contributed by atoms with Gasteiger partial charge in [-0.3, -0.25) is 15.1 Å². The third kappa shape index (κ3) is 6.43. The molecule has 1 amide bonds. The number of amides is 1. The summed E-state index contributed by atoms with van der Waals surface area (Å²) in [4.78, 5) is 16.7. The average molecular weight is 432 g/mol. The van der Waals surface area contributed by atoms with Gasteiger partial charge in [-0.2, -0.15) is 0 Å². The Morgan fingerprint density at radius 2 is 1.97 bits per heavy atom. The number of aromatic nitrogens is 1. The first-order chi connectivity index (χ1) is 13.8. The number of hydrogen-bond donors (Lipinski definition) is 1. The second-order valence-electron chi connectivity index (χ2n) is 6.37. The molecule has 1 N–H and O–H groups in total. The van der Waals surface area contributed by atoms with E-state index in [0.29, 0.717) is 11.5 Å². The number of hydrogen-bond acceptors (Lipinski definition) is 6. The van der Waals surface area contributed by atoms with Crippen molar-refractivity contribution in [3.8, 4) is 5.75 Å². The Labute approximate surface area is 174 Å². The number of nitrogens with one attached hydrogen (secondary N) is 1. The molecule has 1 aliphatic rings. The Balaban J connectivity index is 1.56. The van der Waals surface area contributed by atoms with Crippen LogP contribution in [0.3, 0.4) is 0 Å². The summed E-state index contributed by atoms with van der Waals surface area (Å²) in [5, 5.41) is 2.50. The van der Waals surface area contributed by atoms with Gasteiger partial charge in [-0.15, -0.1) is 4.40 Å². The van der Waals surface area contributed by atoms with E-state index in [1.807, 2.05) is 36.5 Å². The van der Waals surface area contributed by atoms with Gasteiger partial charge in [0.2, 0.25) is 0 Å². The highest BCUT2D eigenvalue weighted by molar-refractivity contribution is 8.19. The van der Waals surface area contributed by atoms with E-state index in [1.165, 1.54) is 5.56 Å². The standard InChI is InChI=1S/C20H21N3O4S2/c1-3-14-4-7-16(21-13-14)10-11-27-17-8-5-15(6-9-17)12-18-19(24)22-20(28-18)23-29(2,25)26/h4-9,12-13H,3,10-11H2,1-2H3,(H,22,23,24)/b18-12+. The predicted molar refractivity (Wildman–Crippen MR) is 115 cm³/mol. The summed E-state index contributed by atoms with van der Waals surface area (Å²) < 4.78 is 31.7. The number of nitrogens with zero attached hydrogens (tertiary/aromatic N) is 2. The fourth-order valence-corrected chi connectivity index (χ4v) is 4.11. The summed E-state index contributed by atoms with van der Waals surface area (Å²) in [6.07, 6.45) is 6.23. The Morgan fingerprint density at radius 1 is 1.21 bits per heavy atom. The molecule has 7 nitrogen and oxygen atoms in total. The van der Waals surface area contributed by atoms with E-state index in [0.717, 1.165) is 47.9 Å². The maximum absolute atomic E-state index is 12.0. The summed E-state index contributed by atoms with van der Waals surface area (Å²) in [6.45, 7) is 2.61. The molecule has 9 heteroatoms.